The highest BCUT2D eigenvalue weighted by atomic mass is 35.5. The SMILES string of the molecule is Cc1cc2c(N)nccc2c(C)c1CNC(=O)c1cnn(Cc2cc3c(Cl)cccc3s2)c1. The zero-order valence-corrected chi connectivity index (χ0v) is 19.8. The fourth-order valence-electron chi connectivity index (χ4n) is 4.16. The second kappa shape index (κ2) is 8.50. The standard InChI is InChI=1S/C25H22ClN5OS/c1-14-8-19-18(6-7-28-24(19)27)15(2)21(14)11-29-25(32)16-10-30-31(12-16)13-17-9-20-22(26)4-3-5-23(20)33-17/h3-10,12H,11,13H2,1-2H3,(H2,27,28)(H,29,32). The number of hydrogen-bond acceptors (Lipinski definition) is 5. The molecular formula is C25H22ClN5OS. The van der Waals surface area contributed by atoms with Crippen molar-refractivity contribution in [3.05, 3.63) is 87.1 Å². The smallest absolute Gasteiger partial charge is 0.254 e. The van der Waals surface area contributed by atoms with Crippen molar-refractivity contribution in [2.45, 2.75) is 26.9 Å². The summed E-state index contributed by atoms with van der Waals surface area (Å²) in [7, 11) is 0. The lowest BCUT2D eigenvalue weighted by Crippen LogP contribution is -2.23. The quantitative estimate of drug-likeness (QED) is 0.352. The number of aromatic nitrogens is 3. The van der Waals surface area contributed by atoms with Crippen LogP contribution in [0, 0.1) is 13.8 Å². The van der Waals surface area contributed by atoms with Gasteiger partial charge < -0.3 is 11.1 Å². The van der Waals surface area contributed by atoms with E-state index in [1.165, 1.54) is 0 Å². The summed E-state index contributed by atoms with van der Waals surface area (Å²) < 4.78 is 2.91. The van der Waals surface area contributed by atoms with E-state index in [9.17, 15) is 4.79 Å². The third-order valence-corrected chi connectivity index (χ3v) is 7.33. The van der Waals surface area contributed by atoms with Gasteiger partial charge in [-0.05, 0) is 66.3 Å². The van der Waals surface area contributed by atoms with Crippen LogP contribution in [-0.2, 0) is 13.1 Å². The number of anilines is 1. The number of rotatable bonds is 5. The first-order valence-electron chi connectivity index (χ1n) is 10.5. The molecule has 0 aliphatic heterocycles. The number of thiophene rings is 1. The number of benzene rings is 2. The minimum atomic E-state index is -0.159. The zero-order valence-electron chi connectivity index (χ0n) is 18.2. The van der Waals surface area contributed by atoms with Crippen LogP contribution in [0.25, 0.3) is 20.9 Å². The maximum absolute atomic E-state index is 12.8. The Morgan fingerprint density at radius 2 is 2.03 bits per heavy atom. The monoisotopic (exact) mass is 475 g/mol. The number of nitrogen functional groups attached to an aromatic ring is 1. The van der Waals surface area contributed by atoms with Crippen molar-refractivity contribution in [1.82, 2.24) is 20.1 Å². The van der Waals surface area contributed by atoms with Gasteiger partial charge in [0.05, 0.1) is 18.3 Å². The van der Waals surface area contributed by atoms with Crippen LogP contribution in [-0.4, -0.2) is 20.7 Å². The molecule has 0 saturated carbocycles. The van der Waals surface area contributed by atoms with Crippen LogP contribution in [0.3, 0.4) is 0 Å². The summed E-state index contributed by atoms with van der Waals surface area (Å²) in [6.07, 6.45) is 5.08. The van der Waals surface area contributed by atoms with Crippen molar-refractivity contribution in [2.24, 2.45) is 0 Å². The highest BCUT2D eigenvalue weighted by molar-refractivity contribution is 7.19. The third kappa shape index (κ3) is 4.05. The average molecular weight is 476 g/mol. The molecule has 166 valence electrons. The Kier molecular flexibility index (Phi) is 5.52. The molecule has 3 N–H and O–H groups in total. The molecule has 1 amide bonds. The summed E-state index contributed by atoms with van der Waals surface area (Å²) in [4.78, 5) is 18.1. The molecule has 0 saturated heterocycles. The molecule has 3 heterocycles. The van der Waals surface area contributed by atoms with Crippen molar-refractivity contribution < 1.29 is 4.79 Å². The van der Waals surface area contributed by atoms with Gasteiger partial charge in [-0.3, -0.25) is 9.48 Å². The highest BCUT2D eigenvalue weighted by Crippen LogP contribution is 2.31. The van der Waals surface area contributed by atoms with Crippen LogP contribution in [0.5, 0.6) is 0 Å². The Bertz CT molecular complexity index is 1520. The van der Waals surface area contributed by atoms with Crippen LogP contribution in [0.4, 0.5) is 5.82 Å². The number of pyridine rings is 1. The fraction of sp³-hybridized carbons (Fsp3) is 0.160. The Morgan fingerprint density at radius 1 is 1.18 bits per heavy atom. The van der Waals surface area contributed by atoms with E-state index in [-0.39, 0.29) is 5.91 Å². The maximum Gasteiger partial charge on any atom is 0.254 e. The molecule has 5 rings (SSSR count). The van der Waals surface area contributed by atoms with Gasteiger partial charge in [-0.25, -0.2) is 4.98 Å². The van der Waals surface area contributed by atoms with Gasteiger partial charge in [0.25, 0.3) is 5.91 Å². The number of hydrogen-bond donors (Lipinski definition) is 2. The number of amides is 1. The normalized spacial score (nSPS) is 11.4. The lowest BCUT2D eigenvalue weighted by Gasteiger charge is -2.14. The molecule has 2 aromatic carbocycles. The summed E-state index contributed by atoms with van der Waals surface area (Å²) in [6.45, 7) is 5.08. The van der Waals surface area contributed by atoms with Gasteiger partial charge in [0.1, 0.15) is 5.82 Å². The second-order valence-corrected chi connectivity index (χ2v) is 9.64. The number of halogens is 1. The van der Waals surface area contributed by atoms with Crippen molar-refractivity contribution in [3.63, 3.8) is 0 Å². The summed E-state index contributed by atoms with van der Waals surface area (Å²) in [5.74, 6) is 0.358. The molecule has 0 fully saturated rings. The first kappa shape index (κ1) is 21.4. The Morgan fingerprint density at radius 3 is 2.85 bits per heavy atom. The predicted octanol–water partition coefficient (Wildman–Crippen LogP) is 5.48. The first-order chi connectivity index (χ1) is 15.9. The lowest BCUT2D eigenvalue weighted by molar-refractivity contribution is 0.0950. The van der Waals surface area contributed by atoms with Gasteiger partial charge in [0.2, 0.25) is 0 Å². The van der Waals surface area contributed by atoms with Gasteiger partial charge in [-0.2, -0.15) is 5.10 Å². The number of aryl methyl sites for hydroxylation is 2. The van der Waals surface area contributed by atoms with Crippen molar-refractivity contribution in [3.8, 4) is 0 Å². The summed E-state index contributed by atoms with van der Waals surface area (Å²) in [5, 5.41) is 11.2. The topological polar surface area (TPSA) is 85.8 Å². The minimum Gasteiger partial charge on any atom is -0.383 e. The lowest BCUT2D eigenvalue weighted by atomic mass is 9.96. The molecule has 8 heteroatoms. The van der Waals surface area contributed by atoms with E-state index < -0.39 is 0 Å². The summed E-state index contributed by atoms with van der Waals surface area (Å²) in [6, 6.07) is 12.0. The van der Waals surface area contributed by atoms with Crippen LogP contribution in [0.15, 0.2) is 55.0 Å². The van der Waals surface area contributed by atoms with Gasteiger partial charge in [-0.1, -0.05) is 17.7 Å². The number of nitrogens with zero attached hydrogens (tertiary/aromatic N) is 3. The summed E-state index contributed by atoms with van der Waals surface area (Å²) >= 11 is 7.97. The van der Waals surface area contributed by atoms with Gasteiger partial charge in [-0.15, -0.1) is 11.3 Å². The van der Waals surface area contributed by atoms with E-state index in [1.807, 2.05) is 38.1 Å². The number of nitrogens with two attached hydrogens (primary N) is 1. The molecule has 0 spiro atoms. The fourth-order valence-corrected chi connectivity index (χ4v) is 5.52. The average Bonchev–Trinajstić information content (AvgIpc) is 3.42. The second-order valence-electron chi connectivity index (χ2n) is 8.06. The van der Waals surface area contributed by atoms with Crippen molar-refractivity contribution in [2.75, 3.05) is 5.73 Å². The van der Waals surface area contributed by atoms with E-state index >= 15 is 0 Å². The largest absolute Gasteiger partial charge is 0.383 e. The molecule has 6 nitrogen and oxygen atoms in total. The molecule has 0 aliphatic rings. The molecule has 0 atom stereocenters. The van der Waals surface area contributed by atoms with E-state index in [0.29, 0.717) is 24.5 Å². The van der Waals surface area contributed by atoms with E-state index in [4.69, 9.17) is 17.3 Å². The van der Waals surface area contributed by atoms with Gasteiger partial charge >= 0.3 is 0 Å². The minimum absolute atomic E-state index is 0.159. The maximum atomic E-state index is 12.8. The number of fused-ring (bicyclic) bond motifs is 2. The van der Waals surface area contributed by atoms with Gasteiger partial charge in [0.15, 0.2) is 0 Å². The number of carbonyl (C=O) groups excluding carboxylic acids is 1. The number of carbonyl (C=O) groups is 1. The molecule has 3 aromatic heterocycles. The van der Waals surface area contributed by atoms with Crippen LogP contribution >= 0.6 is 22.9 Å². The highest BCUT2D eigenvalue weighted by Gasteiger charge is 2.14. The van der Waals surface area contributed by atoms with E-state index in [2.05, 4.69) is 27.5 Å². The Balaban J connectivity index is 1.31. The molecular weight excluding hydrogens is 454 g/mol. The molecule has 0 aliphatic carbocycles. The molecule has 33 heavy (non-hydrogen) atoms. The van der Waals surface area contributed by atoms with Crippen molar-refractivity contribution >= 4 is 55.5 Å². The zero-order chi connectivity index (χ0) is 23.1. The van der Waals surface area contributed by atoms with E-state index in [1.54, 1.807) is 34.6 Å². The van der Waals surface area contributed by atoms with Crippen molar-refractivity contribution in [1.29, 1.82) is 0 Å². The van der Waals surface area contributed by atoms with Crippen LogP contribution < -0.4 is 11.1 Å². The predicted molar refractivity (Wildman–Crippen MR) is 135 cm³/mol. The van der Waals surface area contributed by atoms with Gasteiger partial charge in [0, 0.05) is 44.3 Å². The summed E-state index contributed by atoms with van der Waals surface area (Å²) in [5.41, 5.74) is 9.80. The van der Waals surface area contributed by atoms with Crippen LogP contribution in [0.2, 0.25) is 5.02 Å². The molecule has 0 radical (unpaired) electrons. The molecule has 5 aromatic rings. The Hall–Kier alpha value is -3.42. The third-order valence-electron chi connectivity index (χ3n) is 5.91. The molecule has 0 bridgehead atoms. The number of nitrogens with one attached hydrogen (secondary N) is 1. The molecule has 0 unspecified atom stereocenters. The Labute approximate surface area is 200 Å². The first-order valence-corrected chi connectivity index (χ1v) is 11.7. The van der Waals surface area contributed by atoms with Crippen LogP contribution in [0.1, 0.15) is 31.9 Å². The van der Waals surface area contributed by atoms with E-state index in [0.717, 1.165) is 47.4 Å².